The first-order valence-electron chi connectivity index (χ1n) is 14.4. The van der Waals surface area contributed by atoms with Crippen LogP contribution in [0.5, 0.6) is 0 Å². The molecule has 1 saturated carbocycles. The van der Waals surface area contributed by atoms with Crippen LogP contribution in [0.1, 0.15) is 63.3 Å². The number of aromatic nitrogens is 3. The fourth-order valence-electron chi connectivity index (χ4n) is 7.07. The largest absolute Gasteiger partial charge is 0.399 e. The third kappa shape index (κ3) is 4.50. The van der Waals surface area contributed by atoms with Crippen LogP contribution in [0.2, 0.25) is 0 Å². The van der Waals surface area contributed by atoms with E-state index >= 15 is 0 Å². The highest BCUT2D eigenvalue weighted by atomic mass is 16.2. The molecule has 2 aliphatic carbocycles. The van der Waals surface area contributed by atoms with Crippen molar-refractivity contribution in [3.8, 4) is 6.07 Å². The van der Waals surface area contributed by atoms with Gasteiger partial charge in [0.25, 0.3) is 0 Å². The lowest BCUT2D eigenvalue weighted by molar-refractivity contribution is 0.1000. The highest BCUT2D eigenvalue weighted by molar-refractivity contribution is 5.93. The van der Waals surface area contributed by atoms with Gasteiger partial charge in [0.2, 0.25) is 5.91 Å². The lowest BCUT2D eigenvalue weighted by Crippen LogP contribution is -2.39. The van der Waals surface area contributed by atoms with Gasteiger partial charge < -0.3 is 21.7 Å². The van der Waals surface area contributed by atoms with Gasteiger partial charge in [-0.1, -0.05) is 31.4 Å². The molecule has 1 aromatic heterocycles. The van der Waals surface area contributed by atoms with E-state index in [-0.39, 0.29) is 11.7 Å². The van der Waals surface area contributed by atoms with E-state index in [4.69, 9.17) is 16.6 Å². The third-order valence-electron chi connectivity index (χ3n) is 9.25. The zero-order valence-corrected chi connectivity index (χ0v) is 23.8. The van der Waals surface area contributed by atoms with Gasteiger partial charge in [-0.25, -0.2) is 9.48 Å². The number of hydrogen-bond donors (Lipinski definition) is 4. The van der Waals surface area contributed by atoms with E-state index in [9.17, 15) is 14.9 Å². The molecular formula is C32H36N8O2. The second kappa shape index (κ2) is 10.3. The van der Waals surface area contributed by atoms with Crippen LogP contribution in [0.15, 0.2) is 60.0 Å². The number of nitriles is 1. The first kappa shape index (κ1) is 27.5. The summed E-state index contributed by atoms with van der Waals surface area (Å²) in [4.78, 5) is 30.1. The van der Waals surface area contributed by atoms with E-state index in [0.717, 1.165) is 46.4 Å². The molecule has 2 heterocycles. The highest BCUT2D eigenvalue weighted by Gasteiger charge is 2.52. The molecule has 6 N–H and O–H groups in total. The Morgan fingerprint density at radius 1 is 1.14 bits per heavy atom. The quantitative estimate of drug-likeness (QED) is 0.290. The fourth-order valence-corrected chi connectivity index (χ4v) is 7.07. The van der Waals surface area contributed by atoms with Crippen LogP contribution < -0.4 is 22.5 Å². The van der Waals surface area contributed by atoms with Crippen molar-refractivity contribution in [3.05, 3.63) is 105 Å². The highest BCUT2D eigenvalue weighted by Crippen LogP contribution is 2.49. The number of hydrogen-bond acceptors (Lipinski definition) is 7. The summed E-state index contributed by atoms with van der Waals surface area (Å²) in [7, 11) is 1.63. The Balaban J connectivity index is 1.42. The van der Waals surface area contributed by atoms with Crippen molar-refractivity contribution in [1.29, 1.82) is 5.26 Å². The Morgan fingerprint density at radius 2 is 1.81 bits per heavy atom. The molecule has 3 unspecified atom stereocenters. The van der Waals surface area contributed by atoms with E-state index in [1.165, 1.54) is 4.68 Å². The molecular weight excluding hydrogens is 528 g/mol. The predicted molar refractivity (Wildman–Crippen MR) is 160 cm³/mol. The van der Waals surface area contributed by atoms with Crippen molar-refractivity contribution >= 4 is 11.6 Å². The topological polar surface area (TPSA) is 159 Å². The number of H-pyrrole nitrogens is 1. The molecule has 4 atom stereocenters. The molecule has 216 valence electrons. The number of aryl methyl sites for hydroxylation is 3. The molecule has 10 heteroatoms. The summed E-state index contributed by atoms with van der Waals surface area (Å²) >= 11 is 0. The minimum absolute atomic E-state index is 0.112. The lowest BCUT2D eigenvalue weighted by atomic mass is 9.69. The van der Waals surface area contributed by atoms with Gasteiger partial charge in [0.15, 0.2) is 0 Å². The molecule has 10 nitrogen and oxygen atoms in total. The van der Waals surface area contributed by atoms with Crippen molar-refractivity contribution in [2.75, 3.05) is 13.1 Å². The van der Waals surface area contributed by atoms with Crippen molar-refractivity contribution in [2.45, 2.75) is 49.6 Å². The number of carbonyl (C=O) groups excluding carboxylic acids is 1. The van der Waals surface area contributed by atoms with Gasteiger partial charge >= 0.3 is 5.69 Å². The van der Waals surface area contributed by atoms with Crippen molar-refractivity contribution in [3.63, 3.8) is 0 Å². The van der Waals surface area contributed by atoms with Gasteiger partial charge in [0.1, 0.15) is 11.9 Å². The number of nitrogens with zero attached hydrogens (tertiary/aromatic N) is 4. The number of benzene rings is 2. The minimum Gasteiger partial charge on any atom is -0.399 e. The average molecular weight is 565 g/mol. The van der Waals surface area contributed by atoms with Crippen molar-refractivity contribution in [1.82, 2.24) is 25.0 Å². The maximum absolute atomic E-state index is 12.8. The first-order chi connectivity index (χ1) is 20.1. The standard InChI is InChI=1S/C32H36N8O2/c1-18(40-25(16-33)14-24-15-28(24)40)17-36-11-10-32(30-37-31(42)39(3)38-30)26-8-6-20(19(2)34)12-21(26)4-5-22-13-23(29(35)41)7-9-27(22)32/h6-9,12-13,24-25,28,36H,1-2,4-5,10-11,14-15,17,34H2,3H3,(H2,35,41)(H,37,38,42)/t24-,25?,28?,32?/m1/s1. The van der Waals surface area contributed by atoms with Gasteiger partial charge in [-0.15, -0.1) is 0 Å². The molecule has 1 amide bonds. The molecule has 2 aromatic carbocycles. The van der Waals surface area contributed by atoms with Crippen molar-refractivity contribution in [2.24, 2.45) is 24.4 Å². The first-order valence-corrected chi connectivity index (χ1v) is 14.4. The van der Waals surface area contributed by atoms with Gasteiger partial charge in [-0.05, 0) is 90.6 Å². The van der Waals surface area contributed by atoms with Crippen LogP contribution in [0.4, 0.5) is 0 Å². The Morgan fingerprint density at radius 3 is 2.40 bits per heavy atom. The smallest absolute Gasteiger partial charge is 0.343 e. The van der Waals surface area contributed by atoms with Crippen LogP contribution in [0.25, 0.3) is 5.70 Å². The number of amides is 1. The Bertz CT molecular complexity index is 1640. The Labute approximate surface area is 244 Å². The van der Waals surface area contributed by atoms with E-state index < -0.39 is 11.3 Å². The van der Waals surface area contributed by atoms with Gasteiger partial charge in [0, 0.05) is 36.6 Å². The number of primary amides is 1. The van der Waals surface area contributed by atoms with Crippen LogP contribution in [-0.2, 0) is 25.3 Å². The van der Waals surface area contributed by atoms with E-state index in [1.807, 2.05) is 18.2 Å². The SMILES string of the molecule is C=C(N)c1ccc2c(c1)CCc1cc(C(N)=O)ccc1C2(CCNCC(=C)N1C(C#N)C[C@@H]2CC21)c1nn(C)c(=O)[nH]1. The number of piperidine rings is 1. The van der Waals surface area contributed by atoms with Crippen LogP contribution in [0, 0.1) is 17.2 Å². The minimum atomic E-state index is -0.842. The zero-order chi connectivity index (χ0) is 29.8. The van der Waals surface area contributed by atoms with Gasteiger partial charge in [-0.3, -0.25) is 9.78 Å². The molecule has 42 heavy (non-hydrogen) atoms. The van der Waals surface area contributed by atoms with Crippen LogP contribution in [-0.4, -0.2) is 50.7 Å². The van der Waals surface area contributed by atoms with Gasteiger partial charge in [-0.2, -0.15) is 10.4 Å². The number of likely N-dealkylation sites (tertiary alicyclic amines) is 1. The third-order valence-corrected chi connectivity index (χ3v) is 9.25. The predicted octanol–water partition coefficient (Wildman–Crippen LogP) is 2.05. The molecule has 1 aliphatic heterocycles. The van der Waals surface area contributed by atoms with Crippen molar-refractivity contribution < 1.29 is 4.79 Å². The number of fused-ring (bicyclic) bond motifs is 3. The number of nitrogens with two attached hydrogens (primary N) is 2. The van der Waals surface area contributed by atoms with E-state index in [0.29, 0.717) is 61.4 Å². The number of nitrogens with one attached hydrogen (secondary N) is 2. The average Bonchev–Trinajstić information content (AvgIpc) is 3.55. The summed E-state index contributed by atoms with van der Waals surface area (Å²) in [6.45, 7) is 9.35. The Kier molecular flexibility index (Phi) is 6.78. The molecule has 1 saturated heterocycles. The van der Waals surface area contributed by atoms with Crippen LogP contribution in [0.3, 0.4) is 0 Å². The van der Waals surface area contributed by atoms with E-state index in [2.05, 4.69) is 46.6 Å². The monoisotopic (exact) mass is 564 g/mol. The zero-order valence-electron chi connectivity index (χ0n) is 23.8. The second-order valence-electron chi connectivity index (χ2n) is 11.8. The molecule has 3 aromatic rings. The Hall–Kier alpha value is -4.62. The molecule has 0 bridgehead atoms. The summed E-state index contributed by atoms with van der Waals surface area (Å²) < 4.78 is 1.31. The van der Waals surface area contributed by atoms with Gasteiger partial charge in [0.05, 0.1) is 11.5 Å². The lowest BCUT2D eigenvalue weighted by Gasteiger charge is -2.35. The maximum atomic E-state index is 12.8. The molecule has 3 aliphatic rings. The normalized spacial score (nSPS) is 23.7. The van der Waals surface area contributed by atoms with Crippen LogP contribution >= 0.6 is 0 Å². The van der Waals surface area contributed by atoms with E-state index in [1.54, 1.807) is 13.1 Å². The number of rotatable bonds is 9. The molecule has 0 radical (unpaired) electrons. The maximum Gasteiger partial charge on any atom is 0.343 e. The summed E-state index contributed by atoms with van der Waals surface area (Å²) in [6, 6.07) is 14.4. The number of aromatic amines is 1. The fraction of sp³-hybridized carbons (Fsp3) is 0.375. The second-order valence-corrected chi connectivity index (χ2v) is 11.8. The summed E-state index contributed by atoms with van der Waals surface area (Å²) in [5.41, 5.74) is 17.3. The summed E-state index contributed by atoms with van der Waals surface area (Å²) in [6.07, 6.45) is 3.96. The molecule has 0 spiro atoms. The summed E-state index contributed by atoms with van der Waals surface area (Å²) in [5, 5.41) is 17.9. The molecule has 6 rings (SSSR count). The summed E-state index contributed by atoms with van der Waals surface area (Å²) in [5.74, 6) is 0.638. The molecule has 2 fully saturated rings. The number of carbonyl (C=O) groups is 1.